The number of rotatable bonds is 5. The second-order valence-corrected chi connectivity index (χ2v) is 5.20. The number of phenolic OH excluding ortho intramolecular Hbond substituents is 2. The lowest BCUT2D eigenvalue weighted by atomic mass is 10.0. The van der Waals surface area contributed by atoms with Gasteiger partial charge in [-0.15, -0.1) is 0 Å². The molecule has 124 valence electrons. The second kappa shape index (κ2) is 6.57. The molecule has 24 heavy (non-hydrogen) atoms. The van der Waals surface area contributed by atoms with E-state index in [9.17, 15) is 19.8 Å². The van der Waals surface area contributed by atoms with Gasteiger partial charge in [-0.25, -0.2) is 0 Å². The molecule has 0 spiro atoms. The zero-order chi connectivity index (χ0) is 17.1. The van der Waals surface area contributed by atoms with Crippen LogP contribution in [0.4, 0.5) is 0 Å². The van der Waals surface area contributed by atoms with E-state index in [1.807, 2.05) is 0 Å². The summed E-state index contributed by atoms with van der Waals surface area (Å²) in [4.78, 5) is 28.2. The molecule has 0 bridgehead atoms. The molecule has 0 saturated carbocycles. The number of aromatic nitrogens is 1. The third-order valence-corrected chi connectivity index (χ3v) is 3.60. The molecule has 1 aromatic heterocycles. The van der Waals surface area contributed by atoms with Crippen LogP contribution in [0.3, 0.4) is 0 Å². The fourth-order valence-corrected chi connectivity index (χ4v) is 2.44. The van der Waals surface area contributed by atoms with Crippen LogP contribution in [0.2, 0.25) is 0 Å². The van der Waals surface area contributed by atoms with Crippen LogP contribution in [-0.2, 0) is 0 Å². The molecule has 2 heterocycles. The predicted molar refractivity (Wildman–Crippen MR) is 82.9 cm³/mol. The van der Waals surface area contributed by atoms with Crippen molar-refractivity contribution in [2.24, 2.45) is 0 Å². The molecule has 0 radical (unpaired) electrons. The number of aromatic hydroxyl groups is 2. The van der Waals surface area contributed by atoms with E-state index < -0.39 is 17.3 Å². The number of ether oxygens (including phenoxy) is 2. The standard InChI is InChI=1S/C17H15NO6/c19-11(10-3-1-2-6-18-10)4-5-12(20)15-13(21)9-14-17(16(15)22)24-8-7-23-14/h1-3,6,9,21-22H,4-5,7-8H2. The molecule has 1 aromatic carbocycles. The fraction of sp³-hybridized carbons (Fsp3) is 0.235. The fourth-order valence-electron chi connectivity index (χ4n) is 2.44. The maximum Gasteiger partial charge on any atom is 0.204 e. The van der Waals surface area contributed by atoms with Crippen LogP contribution in [0.5, 0.6) is 23.0 Å². The monoisotopic (exact) mass is 329 g/mol. The van der Waals surface area contributed by atoms with E-state index in [0.717, 1.165) is 0 Å². The Kier molecular flexibility index (Phi) is 4.33. The molecular formula is C17H15NO6. The van der Waals surface area contributed by atoms with Crippen LogP contribution in [0.25, 0.3) is 0 Å². The maximum atomic E-state index is 12.3. The van der Waals surface area contributed by atoms with Crippen molar-refractivity contribution in [1.82, 2.24) is 4.98 Å². The van der Waals surface area contributed by atoms with E-state index in [1.165, 1.54) is 12.3 Å². The number of benzene rings is 1. The summed E-state index contributed by atoms with van der Waals surface area (Å²) in [5, 5.41) is 20.2. The lowest BCUT2D eigenvalue weighted by molar-refractivity contribution is 0.0910. The number of Topliss-reactive ketones (excluding diaryl/α,β-unsaturated/α-hetero) is 2. The van der Waals surface area contributed by atoms with E-state index >= 15 is 0 Å². The Morgan fingerprint density at radius 1 is 1.08 bits per heavy atom. The number of fused-ring (bicyclic) bond motifs is 1. The number of pyridine rings is 1. The minimum absolute atomic E-state index is 0.0263. The molecule has 0 aliphatic carbocycles. The molecule has 7 nitrogen and oxygen atoms in total. The number of nitrogens with zero attached hydrogens (tertiary/aromatic N) is 1. The number of carbonyl (C=O) groups is 2. The van der Waals surface area contributed by atoms with Gasteiger partial charge in [0, 0.05) is 25.1 Å². The summed E-state index contributed by atoms with van der Waals surface area (Å²) in [5.74, 6) is -1.53. The smallest absolute Gasteiger partial charge is 0.204 e. The van der Waals surface area contributed by atoms with E-state index in [0.29, 0.717) is 0 Å². The van der Waals surface area contributed by atoms with Gasteiger partial charge in [0.15, 0.2) is 23.1 Å². The average molecular weight is 329 g/mol. The van der Waals surface area contributed by atoms with Gasteiger partial charge in [-0.1, -0.05) is 6.07 Å². The first-order valence-corrected chi connectivity index (χ1v) is 7.40. The topological polar surface area (TPSA) is 106 Å². The Labute approximate surface area is 137 Å². The highest BCUT2D eigenvalue weighted by Gasteiger charge is 2.26. The first kappa shape index (κ1) is 15.8. The molecule has 0 fully saturated rings. The number of carbonyl (C=O) groups excluding carboxylic acids is 2. The quantitative estimate of drug-likeness (QED) is 0.809. The predicted octanol–water partition coefficient (Wildman–Crippen LogP) is 2.11. The van der Waals surface area contributed by atoms with Crippen LogP contribution in [0.1, 0.15) is 33.7 Å². The summed E-state index contributed by atoms with van der Waals surface area (Å²) in [6, 6.07) is 6.15. The molecule has 1 aliphatic rings. The van der Waals surface area contributed by atoms with Crippen molar-refractivity contribution in [2.45, 2.75) is 12.8 Å². The summed E-state index contributed by atoms with van der Waals surface area (Å²) in [5.41, 5.74) is -0.00557. The molecular weight excluding hydrogens is 314 g/mol. The number of hydrogen-bond donors (Lipinski definition) is 2. The molecule has 0 amide bonds. The molecule has 2 N–H and O–H groups in total. The zero-order valence-corrected chi connectivity index (χ0v) is 12.7. The van der Waals surface area contributed by atoms with Crippen molar-refractivity contribution in [2.75, 3.05) is 13.2 Å². The van der Waals surface area contributed by atoms with Gasteiger partial charge in [-0.2, -0.15) is 0 Å². The van der Waals surface area contributed by atoms with Gasteiger partial charge in [0.1, 0.15) is 30.2 Å². The van der Waals surface area contributed by atoms with Gasteiger partial charge < -0.3 is 19.7 Å². The summed E-state index contributed by atoms with van der Waals surface area (Å²) < 4.78 is 10.5. The maximum absolute atomic E-state index is 12.3. The summed E-state index contributed by atoms with van der Waals surface area (Å²) >= 11 is 0. The largest absolute Gasteiger partial charge is 0.507 e. The van der Waals surface area contributed by atoms with Gasteiger partial charge in [-0.05, 0) is 12.1 Å². The molecule has 1 aliphatic heterocycles. The van der Waals surface area contributed by atoms with Gasteiger partial charge in [0.2, 0.25) is 5.75 Å². The van der Waals surface area contributed by atoms with E-state index in [4.69, 9.17) is 9.47 Å². The summed E-state index contributed by atoms with van der Waals surface area (Å²) in [6.07, 6.45) is 1.24. The minimum Gasteiger partial charge on any atom is -0.507 e. The second-order valence-electron chi connectivity index (χ2n) is 5.20. The molecule has 3 rings (SSSR count). The Morgan fingerprint density at radius 3 is 2.58 bits per heavy atom. The highest BCUT2D eigenvalue weighted by atomic mass is 16.6. The summed E-state index contributed by atoms with van der Waals surface area (Å²) in [6.45, 7) is 0.523. The van der Waals surface area contributed by atoms with E-state index in [1.54, 1.807) is 18.2 Å². The Bertz CT molecular complexity index is 787. The van der Waals surface area contributed by atoms with Crippen molar-refractivity contribution < 1.29 is 29.3 Å². The lowest BCUT2D eigenvalue weighted by Gasteiger charge is -2.21. The molecule has 0 atom stereocenters. The van der Waals surface area contributed by atoms with Gasteiger partial charge in [0.05, 0.1) is 0 Å². The Hall–Kier alpha value is -3.09. The highest BCUT2D eigenvalue weighted by molar-refractivity contribution is 6.05. The van der Waals surface area contributed by atoms with E-state index in [-0.39, 0.29) is 54.6 Å². The van der Waals surface area contributed by atoms with Crippen LogP contribution < -0.4 is 9.47 Å². The van der Waals surface area contributed by atoms with E-state index in [2.05, 4.69) is 4.98 Å². The van der Waals surface area contributed by atoms with Gasteiger partial charge in [0.25, 0.3) is 0 Å². The number of phenols is 2. The number of ketones is 2. The number of hydrogen-bond acceptors (Lipinski definition) is 7. The van der Waals surface area contributed by atoms with Crippen LogP contribution in [-0.4, -0.2) is 40.0 Å². The molecule has 0 unspecified atom stereocenters. The molecule has 2 aromatic rings. The van der Waals surface area contributed by atoms with Crippen molar-refractivity contribution in [3.8, 4) is 23.0 Å². The summed E-state index contributed by atoms with van der Waals surface area (Å²) in [7, 11) is 0. The van der Waals surface area contributed by atoms with Crippen LogP contribution in [0, 0.1) is 0 Å². The van der Waals surface area contributed by atoms with Crippen LogP contribution in [0.15, 0.2) is 30.5 Å². The SMILES string of the molecule is O=C(CCC(=O)c1c(O)cc2c(c1O)OCCO2)c1ccccn1. The molecule has 7 heteroatoms. The van der Waals surface area contributed by atoms with Crippen molar-refractivity contribution >= 4 is 11.6 Å². The van der Waals surface area contributed by atoms with Crippen LogP contribution >= 0.6 is 0 Å². The first-order chi connectivity index (χ1) is 11.6. The van der Waals surface area contributed by atoms with Gasteiger partial charge >= 0.3 is 0 Å². The van der Waals surface area contributed by atoms with Crippen molar-refractivity contribution in [3.63, 3.8) is 0 Å². The van der Waals surface area contributed by atoms with Crippen molar-refractivity contribution in [1.29, 1.82) is 0 Å². The Morgan fingerprint density at radius 2 is 1.83 bits per heavy atom. The highest BCUT2D eigenvalue weighted by Crippen LogP contribution is 2.45. The van der Waals surface area contributed by atoms with Gasteiger partial charge in [-0.3, -0.25) is 14.6 Å². The third kappa shape index (κ3) is 3.01. The zero-order valence-electron chi connectivity index (χ0n) is 12.7. The first-order valence-electron chi connectivity index (χ1n) is 7.40. The molecule has 0 saturated heterocycles. The van der Waals surface area contributed by atoms with Crippen molar-refractivity contribution in [3.05, 3.63) is 41.7 Å². The minimum atomic E-state index is -0.564. The Balaban J connectivity index is 1.77. The normalized spacial score (nSPS) is 12.7. The average Bonchev–Trinajstić information content (AvgIpc) is 2.60. The third-order valence-electron chi connectivity index (χ3n) is 3.60. The lowest BCUT2D eigenvalue weighted by Crippen LogP contribution is -2.16.